The zero-order valence-electron chi connectivity index (χ0n) is 18.2. The maximum Gasteiger partial charge on any atom is 0.394 e. The fourth-order valence-electron chi connectivity index (χ4n) is 4.22. The van der Waals surface area contributed by atoms with Gasteiger partial charge in [0, 0.05) is 24.3 Å². The molecule has 0 N–H and O–H groups in total. The largest absolute Gasteiger partial charge is 0.394 e. The summed E-state index contributed by atoms with van der Waals surface area (Å²) >= 11 is 0. The number of Topliss-reactive ketones (excluding diaryl/α,β-unsaturated/α-hetero) is 1. The molecular weight excluding hydrogens is 410 g/mol. The number of hydrogen-bond donors (Lipinski definition) is 0. The Kier molecular flexibility index (Phi) is 5.94. The lowest BCUT2D eigenvalue weighted by Gasteiger charge is -2.41. The molecule has 4 nitrogen and oxygen atoms in total. The molecule has 0 aliphatic heterocycles. The minimum Gasteiger partial charge on any atom is -0.322 e. The number of alkyl halides is 3. The lowest BCUT2D eigenvalue weighted by Crippen LogP contribution is -2.41. The van der Waals surface area contributed by atoms with Crippen LogP contribution in [0.4, 0.5) is 17.6 Å². The SMILES string of the molecule is CC(C(=O)CCCc1nc2c(F)cc(C#N)cc2n1C1(C)CCC1)C(C)(C)C(F)(F)F. The second-order valence-electron chi connectivity index (χ2n) is 9.41. The number of carbonyl (C=O) groups is 1. The van der Waals surface area contributed by atoms with Gasteiger partial charge in [0.25, 0.3) is 0 Å². The number of ketones is 1. The number of halogens is 4. The van der Waals surface area contributed by atoms with Crippen LogP contribution in [0.5, 0.6) is 0 Å². The molecule has 1 aliphatic rings. The average Bonchev–Trinajstić information content (AvgIpc) is 3.03. The molecule has 0 radical (unpaired) electrons. The van der Waals surface area contributed by atoms with Gasteiger partial charge in [-0.15, -0.1) is 0 Å². The minimum atomic E-state index is -4.47. The smallest absolute Gasteiger partial charge is 0.322 e. The van der Waals surface area contributed by atoms with E-state index in [1.54, 1.807) is 6.07 Å². The van der Waals surface area contributed by atoms with Crippen molar-refractivity contribution < 1.29 is 22.4 Å². The van der Waals surface area contributed by atoms with Gasteiger partial charge in [0.15, 0.2) is 5.82 Å². The zero-order chi connectivity index (χ0) is 23.2. The first-order valence-electron chi connectivity index (χ1n) is 10.5. The van der Waals surface area contributed by atoms with Crippen LogP contribution in [-0.4, -0.2) is 21.5 Å². The Labute approximate surface area is 179 Å². The molecule has 1 aliphatic carbocycles. The third-order valence-electron chi connectivity index (χ3n) is 7.00. The Hall–Kier alpha value is -2.43. The number of benzene rings is 1. The van der Waals surface area contributed by atoms with Gasteiger partial charge >= 0.3 is 6.18 Å². The molecule has 31 heavy (non-hydrogen) atoms. The van der Waals surface area contributed by atoms with Crippen LogP contribution < -0.4 is 0 Å². The quantitative estimate of drug-likeness (QED) is 0.495. The number of nitrogens with zero attached hydrogens (tertiary/aromatic N) is 3. The number of aryl methyl sites for hydroxylation is 1. The maximum atomic E-state index is 14.5. The summed E-state index contributed by atoms with van der Waals surface area (Å²) in [5.41, 5.74) is -1.42. The number of fused-ring (bicyclic) bond motifs is 1. The summed E-state index contributed by atoms with van der Waals surface area (Å²) in [6.45, 7) is 5.46. The standard InChI is InChI=1S/C23H27F4N3O/c1-14(21(2,3)23(25,26)27)18(31)7-5-8-19-29-20-16(24)11-15(13-28)12-17(20)30(19)22(4)9-6-10-22/h11-12,14H,5-10H2,1-4H3. The fraction of sp³-hybridized carbons (Fsp3) is 0.609. The third kappa shape index (κ3) is 4.07. The topological polar surface area (TPSA) is 58.7 Å². The van der Waals surface area contributed by atoms with E-state index >= 15 is 0 Å². The van der Waals surface area contributed by atoms with Crippen molar-refractivity contribution in [1.82, 2.24) is 9.55 Å². The van der Waals surface area contributed by atoms with Crippen molar-refractivity contribution in [3.8, 4) is 6.07 Å². The van der Waals surface area contributed by atoms with Crippen LogP contribution in [-0.2, 0) is 16.8 Å². The zero-order valence-corrected chi connectivity index (χ0v) is 18.2. The highest BCUT2D eigenvalue weighted by Gasteiger charge is 2.52. The first kappa shape index (κ1) is 23.2. The molecule has 1 unspecified atom stereocenters. The average molecular weight is 437 g/mol. The molecule has 1 fully saturated rings. The van der Waals surface area contributed by atoms with Gasteiger partial charge in [0.05, 0.1) is 22.6 Å². The summed E-state index contributed by atoms with van der Waals surface area (Å²) in [4.78, 5) is 16.9. The summed E-state index contributed by atoms with van der Waals surface area (Å²) in [6, 6.07) is 4.74. The van der Waals surface area contributed by atoms with E-state index in [9.17, 15) is 27.6 Å². The van der Waals surface area contributed by atoms with E-state index < -0.39 is 29.1 Å². The van der Waals surface area contributed by atoms with Gasteiger partial charge in [-0.25, -0.2) is 9.37 Å². The Morgan fingerprint density at radius 3 is 2.48 bits per heavy atom. The van der Waals surface area contributed by atoms with Crippen molar-refractivity contribution in [2.45, 2.75) is 77.9 Å². The molecule has 168 valence electrons. The Morgan fingerprint density at radius 2 is 1.97 bits per heavy atom. The van der Waals surface area contributed by atoms with Gasteiger partial charge in [-0.2, -0.15) is 18.4 Å². The molecule has 2 aromatic rings. The van der Waals surface area contributed by atoms with Gasteiger partial charge in [-0.3, -0.25) is 4.79 Å². The van der Waals surface area contributed by atoms with Crippen LogP contribution in [0.2, 0.25) is 0 Å². The van der Waals surface area contributed by atoms with Crippen LogP contribution in [0.1, 0.15) is 71.2 Å². The lowest BCUT2D eigenvalue weighted by molar-refractivity contribution is -0.226. The number of rotatable bonds is 7. The first-order valence-corrected chi connectivity index (χ1v) is 10.5. The molecule has 3 rings (SSSR count). The van der Waals surface area contributed by atoms with Crippen molar-refractivity contribution in [3.05, 3.63) is 29.3 Å². The van der Waals surface area contributed by atoms with Crippen LogP contribution >= 0.6 is 0 Å². The molecular formula is C23H27F4N3O. The number of carbonyl (C=O) groups excluding carboxylic acids is 1. The summed E-state index contributed by atoms with van der Waals surface area (Å²) in [5, 5.41) is 9.21. The van der Waals surface area contributed by atoms with Crippen LogP contribution in [0.25, 0.3) is 11.0 Å². The molecule has 1 aromatic carbocycles. The molecule has 0 saturated heterocycles. The summed E-state index contributed by atoms with van der Waals surface area (Å²) in [7, 11) is 0. The van der Waals surface area contributed by atoms with Gasteiger partial charge in [-0.05, 0) is 44.7 Å². The van der Waals surface area contributed by atoms with E-state index in [0.29, 0.717) is 24.2 Å². The fourth-order valence-corrected chi connectivity index (χ4v) is 4.22. The third-order valence-corrected chi connectivity index (χ3v) is 7.00. The first-order chi connectivity index (χ1) is 14.3. The highest BCUT2D eigenvalue weighted by molar-refractivity contribution is 5.81. The number of nitriles is 1. The molecule has 1 heterocycles. The van der Waals surface area contributed by atoms with Crippen molar-refractivity contribution in [2.24, 2.45) is 11.3 Å². The number of aromatic nitrogens is 2. The predicted molar refractivity (Wildman–Crippen MR) is 109 cm³/mol. The second kappa shape index (κ2) is 7.92. The Bertz CT molecular complexity index is 1040. The monoisotopic (exact) mass is 437 g/mol. The van der Waals surface area contributed by atoms with Crippen LogP contribution in [0, 0.1) is 28.5 Å². The van der Waals surface area contributed by atoms with Crippen molar-refractivity contribution in [1.29, 1.82) is 5.26 Å². The van der Waals surface area contributed by atoms with Crippen molar-refractivity contribution in [2.75, 3.05) is 0 Å². The highest BCUT2D eigenvalue weighted by atomic mass is 19.4. The summed E-state index contributed by atoms with van der Waals surface area (Å²) < 4.78 is 56.3. The van der Waals surface area contributed by atoms with Crippen molar-refractivity contribution >= 4 is 16.8 Å². The molecule has 1 aromatic heterocycles. The number of hydrogen-bond acceptors (Lipinski definition) is 3. The Morgan fingerprint density at radius 1 is 1.32 bits per heavy atom. The number of imidazole rings is 1. The lowest BCUT2D eigenvalue weighted by atomic mass is 9.76. The van der Waals surface area contributed by atoms with Gasteiger partial charge in [-0.1, -0.05) is 20.8 Å². The van der Waals surface area contributed by atoms with Crippen LogP contribution in [0.3, 0.4) is 0 Å². The normalized spacial score (nSPS) is 17.3. The maximum absolute atomic E-state index is 14.5. The van der Waals surface area contributed by atoms with E-state index in [4.69, 9.17) is 0 Å². The highest BCUT2D eigenvalue weighted by Crippen LogP contribution is 2.45. The van der Waals surface area contributed by atoms with E-state index in [2.05, 4.69) is 11.9 Å². The van der Waals surface area contributed by atoms with Crippen molar-refractivity contribution in [3.63, 3.8) is 0 Å². The minimum absolute atomic E-state index is 0.00742. The molecule has 0 amide bonds. The van der Waals surface area contributed by atoms with Crippen LogP contribution in [0.15, 0.2) is 12.1 Å². The van der Waals surface area contributed by atoms with Gasteiger partial charge in [0.2, 0.25) is 0 Å². The van der Waals surface area contributed by atoms with E-state index in [-0.39, 0.29) is 23.0 Å². The summed E-state index contributed by atoms with van der Waals surface area (Å²) in [5.74, 6) is -1.58. The molecule has 8 heteroatoms. The van der Waals surface area contributed by atoms with Gasteiger partial charge < -0.3 is 4.57 Å². The predicted octanol–water partition coefficient (Wildman–Crippen LogP) is 6.06. The molecule has 0 spiro atoms. The summed E-state index contributed by atoms with van der Waals surface area (Å²) in [6.07, 6.45) is -1.01. The Balaban J connectivity index is 1.84. The molecule has 1 saturated carbocycles. The van der Waals surface area contributed by atoms with E-state index in [0.717, 1.165) is 39.2 Å². The van der Waals surface area contributed by atoms with E-state index in [1.165, 1.54) is 6.92 Å². The molecule has 1 atom stereocenters. The second-order valence-corrected chi connectivity index (χ2v) is 9.41. The van der Waals surface area contributed by atoms with Gasteiger partial charge in [0.1, 0.15) is 17.1 Å². The molecule has 0 bridgehead atoms. The van der Waals surface area contributed by atoms with E-state index in [1.807, 2.05) is 10.6 Å².